The first kappa shape index (κ1) is 17.6. The highest BCUT2D eigenvalue weighted by Gasteiger charge is 2.03. The number of benzene rings is 1. The van der Waals surface area contributed by atoms with E-state index in [0.29, 0.717) is 6.54 Å². The maximum Gasteiger partial charge on any atom is 0.244 e. The minimum Gasteiger partial charge on any atom is -0.348 e. The van der Waals surface area contributed by atoms with Crippen molar-refractivity contribution in [1.29, 1.82) is 0 Å². The van der Waals surface area contributed by atoms with Crippen molar-refractivity contribution in [2.24, 2.45) is 0 Å². The average molecular weight is 346 g/mol. The first-order valence-electron chi connectivity index (χ1n) is 8.55. The molecular weight excluding hydrogens is 324 g/mol. The summed E-state index contributed by atoms with van der Waals surface area (Å²) < 4.78 is 1.99. The Labute approximate surface area is 153 Å². The zero-order valence-corrected chi connectivity index (χ0v) is 15.0. The van der Waals surface area contributed by atoms with Crippen molar-refractivity contribution in [3.05, 3.63) is 89.0 Å². The van der Waals surface area contributed by atoms with Crippen LogP contribution in [0, 0.1) is 13.8 Å². The molecular formula is C21H22N4O. The molecule has 0 aliphatic carbocycles. The summed E-state index contributed by atoms with van der Waals surface area (Å²) in [6.07, 6.45) is 6.70. The molecule has 0 radical (unpaired) electrons. The number of aromatic nitrogens is 3. The fourth-order valence-electron chi connectivity index (χ4n) is 2.74. The van der Waals surface area contributed by atoms with E-state index in [9.17, 15) is 4.79 Å². The van der Waals surface area contributed by atoms with Gasteiger partial charge < -0.3 is 5.32 Å². The number of carbonyl (C=O) groups excluding carboxylic acids is 1. The molecule has 5 heteroatoms. The smallest absolute Gasteiger partial charge is 0.244 e. The Bertz CT molecular complexity index is 913. The standard InChI is InChI=1S/C21H22N4O/c1-16-11-17(2)25(24-16)15-20-6-3-5-19(12-20)14-23-21(26)9-8-18-7-4-10-22-13-18/h3-13H,14-15H2,1-2H3,(H,23,26)/b9-8+. The third kappa shape index (κ3) is 4.89. The minimum atomic E-state index is -0.127. The molecule has 0 unspecified atom stereocenters. The normalized spacial score (nSPS) is 11.0. The van der Waals surface area contributed by atoms with Gasteiger partial charge in [-0.05, 0) is 48.7 Å². The van der Waals surface area contributed by atoms with Gasteiger partial charge >= 0.3 is 0 Å². The van der Waals surface area contributed by atoms with Crippen LogP contribution in [-0.4, -0.2) is 20.7 Å². The van der Waals surface area contributed by atoms with Crippen LogP contribution in [0.25, 0.3) is 6.08 Å². The lowest BCUT2D eigenvalue weighted by atomic mass is 10.1. The summed E-state index contributed by atoms with van der Waals surface area (Å²) in [4.78, 5) is 16.0. The molecule has 0 aliphatic rings. The van der Waals surface area contributed by atoms with Crippen LogP contribution < -0.4 is 5.32 Å². The molecule has 26 heavy (non-hydrogen) atoms. The fraction of sp³-hybridized carbons (Fsp3) is 0.190. The van der Waals surface area contributed by atoms with Crippen molar-refractivity contribution in [1.82, 2.24) is 20.1 Å². The Morgan fingerprint density at radius 1 is 1.15 bits per heavy atom. The predicted octanol–water partition coefficient (Wildman–Crippen LogP) is 3.27. The lowest BCUT2D eigenvalue weighted by Gasteiger charge is -2.08. The molecule has 0 aliphatic heterocycles. The van der Waals surface area contributed by atoms with Crippen LogP contribution in [0.1, 0.15) is 28.1 Å². The second-order valence-electron chi connectivity index (χ2n) is 6.24. The molecule has 0 bridgehead atoms. The summed E-state index contributed by atoms with van der Waals surface area (Å²) in [7, 11) is 0. The average Bonchev–Trinajstić information content (AvgIpc) is 2.96. The Balaban J connectivity index is 1.57. The number of nitrogens with one attached hydrogen (secondary N) is 1. The summed E-state index contributed by atoms with van der Waals surface area (Å²) in [5.41, 5.74) is 5.28. The fourth-order valence-corrected chi connectivity index (χ4v) is 2.74. The largest absolute Gasteiger partial charge is 0.348 e. The molecule has 1 amide bonds. The summed E-state index contributed by atoms with van der Waals surface area (Å²) in [5.74, 6) is -0.127. The molecule has 0 atom stereocenters. The van der Waals surface area contributed by atoms with Gasteiger partial charge in [-0.15, -0.1) is 0 Å². The molecule has 1 N–H and O–H groups in total. The summed E-state index contributed by atoms with van der Waals surface area (Å²) in [6.45, 7) is 5.26. The van der Waals surface area contributed by atoms with Crippen molar-refractivity contribution in [2.75, 3.05) is 0 Å². The Morgan fingerprint density at radius 2 is 2.00 bits per heavy atom. The zero-order chi connectivity index (χ0) is 18.4. The van der Waals surface area contributed by atoms with Gasteiger partial charge in [0.05, 0.1) is 12.2 Å². The van der Waals surface area contributed by atoms with Crippen LogP contribution in [0.2, 0.25) is 0 Å². The highest BCUT2D eigenvalue weighted by atomic mass is 16.1. The van der Waals surface area contributed by atoms with E-state index in [0.717, 1.165) is 34.6 Å². The van der Waals surface area contributed by atoms with Gasteiger partial charge in [0.25, 0.3) is 0 Å². The van der Waals surface area contributed by atoms with Gasteiger partial charge in [-0.3, -0.25) is 14.5 Å². The number of carbonyl (C=O) groups is 1. The van der Waals surface area contributed by atoms with Crippen molar-refractivity contribution < 1.29 is 4.79 Å². The van der Waals surface area contributed by atoms with Crippen molar-refractivity contribution in [3.63, 3.8) is 0 Å². The maximum absolute atomic E-state index is 12.0. The number of hydrogen-bond donors (Lipinski definition) is 1. The van der Waals surface area contributed by atoms with Crippen molar-refractivity contribution >= 4 is 12.0 Å². The van der Waals surface area contributed by atoms with Gasteiger partial charge in [0.1, 0.15) is 0 Å². The van der Waals surface area contributed by atoms with E-state index < -0.39 is 0 Å². The highest BCUT2D eigenvalue weighted by Crippen LogP contribution is 2.10. The summed E-state index contributed by atoms with van der Waals surface area (Å²) >= 11 is 0. The first-order chi connectivity index (χ1) is 12.6. The van der Waals surface area contributed by atoms with Gasteiger partial charge in [0.15, 0.2) is 0 Å². The highest BCUT2D eigenvalue weighted by molar-refractivity contribution is 5.91. The molecule has 1 aromatic carbocycles. The monoisotopic (exact) mass is 346 g/mol. The number of aryl methyl sites for hydroxylation is 2. The van der Waals surface area contributed by atoms with Gasteiger partial charge in [0, 0.05) is 30.7 Å². The van der Waals surface area contributed by atoms with Crippen LogP contribution >= 0.6 is 0 Å². The van der Waals surface area contributed by atoms with Gasteiger partial charge in [0.2, 0.25) is 5.91 Å². The number of hydrogen-bond acceptors (Lipinski definition) is 3. The van der Waals surface area contributed by atoms with Crippen LogP contribution in [-0.2, 0) is 17.9 Å². The summed E-state index contributed by atoms with van der Waals surface area (Å²) in [6, 6.07) is 14.0. The van der Waals surface area contributed by atoms with E-state index >= 15 is 0 Å². The molecule has 2 heterocycles. The zero-order valence-electron chi connectivity index (χ0n) is 15.0. The van der Waals surface area contributed by atoms with Crippen molar-refractivity contribution in [2.45, 2.75) is 26.9 Å². The first-order valence-corrected chi connectivity index (χ1v) is 8.55. The van der Waals surface area contributed by atoms with E-state index in [1.165, 1.54) is 6.08 Å². The topological polar surface area (TPSA) is 59.8 Å². The molecule has 3 aromatic rings. The Morgan fingerprint density at radius 3 is 2.73 bits per heavy atom. The number of pyridine rings is 1. The third-order valence-corrected chi connectivity index (χ3v) is 4.01. The Kier molecular flexibility index (Phi) is 5.59. The van der Waals surface area contributed by atoms with Gasteiger partial charge in [-0.25, -0.2) is 0 Å². The van der Waals surface area contributed by atoms with Crippen LogP contribution in [0.5, 0.6) is 0 Å². The molecule has 0 spiro atoms. The van der Waals surface area contributed by atoms with Gasteiger partial charge in [-0.1, -0.05) is 30.3 Å². The number of rotatable bonds is 6. The SMILES string of the molecule is Cc1cc(C)n(Cc2cccc(CNC(=O)/C=C/c3cccnc3)c2)n1. The molecule has 5 nitrogen and oxygen atoms in total. The van der Waals surface area contributed by atoms with E-state index in [2.05, 4.69) is 40.5 Å². The van der Waals surface area contributed by atoms with E-state index in [1.807, 2.05) is 35.9 Å². The third-order valence-electron chi connectivity index (χ3n) is 4.01. The maximum atomic E-state index is 12.0. The van der Waals surface area contributed by atoms with Crippen LogP contribution in [0.15, 0.2) is 60.9 Å². The van der Waals surface area contributed by atoms with E-state index in [1.54, 1.807) is 18.5 Å². The minimum absolute atomic E-state index is 0.127. The van der Waals surface area contributed by atoms with E-state index in [-0.39, 0.29) is 5.91 Å². The lowest BCUT2D eigenvalue weighted by molar-refractivity contribution is -0.116. The van der Waals surface area contributed by atoms with Crippen LogP contribution in [0.3, 0.4) is 0 Å². The van der Waals surface area contributed by atoms with Gasteiger partial charge in [-0.2, -0.15) is 5.10 Å². The molecule has 132 valence electrons. The second kappa shape index (κ2) is 8.25. The van der Waals surface area contributed by atoms with Crippen molar-refractivity contribution in [3.8, 4) is 0 Å². The Hall–Kier alpha value is -3.21. The molecule has 2 aromatic heterocycles. The summed E-state index contributed by atoms with van der Waals surface area (Å²) in [5, 5.41) is 7.40. The molecule has 0 saturated heterocycles. The predicted molar refractivity (Wildman–Crippen MR) is 102 cm³/mol. The quantitative estimate of drug-likeness (QED) is 0.697. The van der Waals surface area contributed by atoms with Crippen LogP contribution in [0.4, 0.5) is 0 Å². The number of amides is 1. The molecule has 3 rings (SSSR count). The number of nitrogens with zero attached hydrogens (tertiary/aromatic N) is 3. The lowest BCUT2D eigenvalue weighted by Crippen LogP contribution is -2.20. The second-order valence-corrected chi connectivity index (χ2v) is 6.24. The van der Waals surface area contributed by atoms with E-state index in [4.69, 9.17) is 0 Å². The molecule has 0 fully saturated rings. The molecule has 0 saturated carbocycles.